The molecule has 1 aromatic heterocycles. The van der Waals surface area contributed by atoms with Gasteiger partial charge >= 0.3 is 0 Å². The molecule has 0 spiro atoms. The standard InChI is InChI=1S/C13H16N2O/c1-10(9-16)15-8-12-4-2-3-11-7-14-6-5-13(11)12/h2-7,10,15-16H,8-9H2,1H3/t10-/m0/s1. The third-order valence-corrected chi connectivity index (χ3v) is 2.69. The van der Waals surface area contributed by atoms with Crippen molar-refractivity contribution < 1.29 is 5.11 Å². The molecule has 0 amide bonds. The molecule has 0 aliphatic heterocycles. The van der Waals surface area contributed by atoms with Crippen LogP contribution in [-0.2, 0) is 6.54 Å². The molecule has 84 valence electrons. The first-order valence-corrected chi connectivity index (χ1v) is 5.47. The number of aromatic nitrogens is 1. The highest BCUT2D eigenvalue weighted by Crippen LogP contribution is 2.17. The molecule has 2 aromatic rings. The first-order chi connectivity index (χ1) is 7.81. The molecule has 1 heterocycles. The second-order valence-corrected chi connectivity index (χ2v) is 3.98. The lowest BCUT2D eigenvalue weighted by Gasteiger charge is -2.12. The minimum atomic E-state index is 0.122. The van der Waals surface area contributed by atoms with E-state index in [2.05, 4.69) is 22.4 Å². The molecule has 0 fully saturated rings. The Morgan fingerprint density at radius 1 is 1.38 bits per heavy atom. The molecule has 0 radical (unpaired) electrons. The lowest BCUT2D eigenvalue weighted by Crippen LogP contribution is -2.28. The average molecular weight is 216 g/mol. The number of benzene rings is 1. The Hall–Kier alpha value is -1.45. The monoisotopic (exact) mass is 216 g/mol. The maximum absolute atomic E-state index is 8.95. The Morgan fingerprint density at radius 3 is 3.06 bits per heavy atom. The van der Waals surface area contributed by atoms with Crippen molar-refractivity contribution in [2.75, 3.05) is 6.61 Å². The summed E-state index contributed by atoms with van der Waals surface area (Å²) in [7, 11) is 0. The first kappa shape index (κ1) is 11.0. The summed E-state index contributed by atoms with van der Waals surface area (Å²) in [6.45, 7) is 2.89. The van der Waals surface area contributed by atoms with Crippen molar-refractivity contribution >= 4 is 10.8 Å². The van der Waals surface area contributed by atoms with Crippen LogP contribution in [0.25, 0.3) is 10.8 Å². The van der Waals surface area contributed by atoms with Crippen LogP contribution in [0.4, 0.5) is 0 Å². The quantitative estimate of drug-likeness (QED) is 0.817. The molecule has 0 saturated heterocycles. The second-order valence-electron chi connectivity index (χ2n) is 3.98. The second kappa shape index (κ2) is 5.05. The highest BCUT2D eigenvalue weighted by Gasteiger charge is 2.02. The number of pyridine rings is 1. The summed E-state index contributed by atoms with van der Waals surface area (Å²) in [4.78, 5) is 4.10. The SMILES string of the molecule is C[C@@H](CO)NCc1cccc2cnccc12. The number of aliphatic hydroxyl groups excluding tert-OH is 1. The number of rotatable bonds is 4. The number of fused-ring (bicyclic) bond motifs is 1. The van der Waals surface area contributed by atoms with E-state index in [4.69, 9.17) is 5.11 Å². The molecule has 2 N–H and O–H groups in total. The summed E-state index contributed by atoms with van der Waals surface area (Å²) >= 11 is 0. The number of aliphatic hydroxyl groups is 1. The lowest BCUT2D eigenvalue weighted by atomic mass is 10.1. The Morgan fingerprint density at radius 2 is 2.25 bits per heavy atom. The fourth-order valence-electron chi connectivity index (χ4n) is 1.69. The van der Waals surface area contributed by atoms with Gasteiger partial charge in [-0.25, -0.2) is 0 Å². The van der Waals surface area contributed by atoms with E-state index < -0.39 is 0 Å². The molecular weight excluding hydrogens is 200 g/mol. The molecule has 3 nitrogen and oxygen atoms in total. The number of hydrogen-bond acceptors (Lipinski definition) is 3. The summed E-state index contributed by atoms with van der Waals surface area (Å²) in [6, 6.07) is 8.33. The normalized spacial score (nSPS) is 12.9. The van der Waals surface area contributed by atoms with Crippen LogP contribution in [0.5, 0.6) is 0 Å². The van der Waals surface area contributed by atoms with Crippen LogP contribution in [-0.4, -0.2) is 22.7 Å². The molecule has 16 heavy (non-hydrogen) atoms. The summed E-state index contributed by atoms with van der Waals surface area (Å²) < 4.78 is 0. The largest absolute Gasteiger partial charge is 0.395 e. The predicted molar refractivity (Wildman–Crippen MR) is 65.1 cm³/mol. The zero-order valence-electron chi connectivity index (χ0n) is 9.35. The van der Waals surface area contributed by atoms with Gasteiger partial charge in [0.05, 0.1) is 6.61 Å². The molecule has 2 rings (SSSR count). The van der Waals surface area contributed by atoms with Gasteiger partial charge in [-0.05, 0) is 23.9 Å². The van der Waals surface area contributed by atoms with Gasteiger partial charge in [-0.15, -0.1) is 0 Å². The molecule has 1 atom stereocenters. The molecule has 0 bridgehead atoms. The zero-order chi connectivity index (χ0) is 11.4. The highest BCUT2D eigenvalue weighted by molar-refractivity contribution is 5.84. The third kappa shape index (κ3) is 2.38. The number of nitrogens with one attached hydrogen (secondary N) is 1. The van der Waals surface area contributed by atoms with Crippen molar-refractivity contribution in [3.8, 4) is 0 Å². The zero-order valence-corrected chi connectivity index (χ0v) is 9.35. The summed E-state index contributed by atoms with van der Waals surface area (Å²) in [5.74, 6) is 0. The van der Waals surface area contributed by atoms with Crippen molar-refractivity contribution in [3.63, 3.8) is 0 Å². The van der Waals surface area contributed by atoms with Gasteiger partial charge in [0.25, 0.3) is 0 Å². The van der Waals surface area contributed by atoms with Crippen molar-refractivity contribution in [1.82, 2.24) is 10.3 Å². The van der Waals surface area contributed by atoms with Crippen molar-refractivity contribution in [2.45, 2.75) is 19.5 Å². The minimum Gasteiger partial charge on any atom is -0.395 e. The van der Waals surface area contributed by atoms with Crippen molar-refractivity contribution in [1.29, 1.82) is 0 Å². The third-order valence-electron chi connectivity index (χ3n) is 2.69. The van der Waals surface area contributed by atoms with E-state index in [9.17, 15) is 0 Å². The Kier molecular flexibility index (Phi) is 3.49. The fourth-order valence-corrected chi connectivity index (χ4v) is 1.69. The van der Waals surface area contributed by atoms with Crippen LogP contribution in [0.3, 0.4) is 0 Å². The lowest BCUT2D eigenvalue weighted by molar-refractivity contribution is 0.251. The molecule has 0 saturated carbocycles. The van der Waals surface area contributed by atoms with Crippen LogP contribution in [0, 0.1) is 0 Å². The van der Waals surface area contributed by atoms with E-state index in [-0.39, 0.29) is 12.6 Å². The number of hydrogen-bond donors (Lipinski definition) is 2. The molecule has 3 heteroatoms. The van der Waals surface area contributed by atoms with Gasteiger partial charge in [-0.2, -0.15) is 0 Å². The molecule has 0 aliphatic rings. The first-order valence-electron chi connectivity index (χ1n) is 5.47. The van der Waals surface area contributed by atoms with Crippen molar-refractivity contribution in [3.05, 3.63) is 42.2 Å². The van der Waals surface area contributed by atoms with Gasteiger partial charge in [-0.3, -0.25) is 4.98 Å². The smallest absolute Gasteiger partial charge is 0.0582 e. The Bertz CT molecular complexity index is 465. The Labute approximate surface area is 95.1 Å². The molecule has 0 aliphatic carbocycles. The summed E-state index contributed by atoms with van der Waals surface area (Å²) in [6.07, 6.45) is 3.68. The van der Waals surface area contributed by atoms with Crippen LogP contribution < -0.4 is 5.32 Å². The van der Waals surface area contributed by atoms with E-state index in [0.29, 0.717) is 0 Å². The maximum Gasteiger partial charge on any atom is 0.0582 e. The van der Waals surface area contributed by atoms with E-state index in [1.54, 1.807) is 6.20 Å². The highest BCUT2D eigenvalue weighted by atomic mass is 16.3. The molecule has 1 aromatic carbocycles. The molecular formula is C13H16N2O. The summed E-state index contributed by atoms with van der Waals surface area (Å²) in [5.41, 5.74) is 1.24. The van der Waals surface area contributed by atoms with Gasteiger partial charge in [-0.1, -0.05) is 18.2 Å². The van der Waals surface area contributed by atoms with Gasteiger partial charge in [0.1, 0.15) is 0 Å². The van der Waals surface area contributed by atoms with Crippen LogP contribution in [0.1, 0.15) is 12.5 Å². The van der Waals surface area contributed by atoms with Gasteiger partial charge < -0.3 is 10.4 Å². The number of nitrogens with zero attached hydrogens (tertiary/aromatic N) is 1. The van der Waals surface area contributed by atoms with Gasteiger partial charge in [0, 0.05) is 30.4 Å². The Balaban J connectivity index is 2.23. The average Bonchev–Trinajstić information content (AvgIpc) is 2.35. The summed E-state index contributed by atoms with van der Waals surface area (Å²) in [5, 5.41) is 14.6. The maximum atomic E-state index is 8.95. The molecule has 0 unspecified atom stereocenters. The van der Waals surface area contributed by atoms with E-state index in [0.717, 1.165) is 11.9 Å². The topological polar surface area (TPSA) is 45.1 Å². The van der Waals surface area contributed by atoms with E-state index in [1.165, 1.54) is 10.9 Å². The predicted octanol–water partition coefficient (Wildman–Crippen LogP) is 1.71. The minimum absolute atomic E-state index is 0.122. The van der Waals surface area contributed by atoms with Crippen LogP contribution >= 0.6 is 0 Å². The van der Waals surface area contributed by atoms with Crippen LogP contribution in [0.2, 0.25) is 0 Å². The van der Waals surface area contributed by atoms with E-state index >= 15 is 0 Å². The fraction of sp³-hybridized carbons (Fsp3) is 0.308. The van der Waals surface area contributed by atoms with Gasteiger partial charge in [0.2, 0.25) is 0 Å². The van der Waals surface area contributed by atoms with Gasteiger partial charge in [0.15, 0.2) is 0 Å². The van der Waals surface area contributed by atoms with Crippen molar-refractivity contribution in [2.24, 2.45) is 0 Å². The van der Waals surface area contributed by atoms with Crippen LogP contribution in [0.15, 0.2) is 36.7 Å². The van der Waals surface area contributed by atoms with E-state index in [1.807, 2.05) is 25.3 Å².